The summed E-state index contributed by atoms with van der Waals surface area (Å²) in [5.41, 5.74) is 0.479. The van der Waals surface area contributed by atoms with Crippen LogP contribution in [0.4, 0.5) is 0 Å². The van der Waals surface area contributed by atoms with Gasteiger partial charge in [0.1, 0.15) is 5.75 Å². The molecule has 2 aromatic rings. The number of carbonyl (C=O) groups is 2. The van der Waals surface area contributed by atoms with Crippen LogP contribution in [0, 0.1) is 11.3 Å². The summed E-state index contributed by atoms with van der Waals surface area (Å²) < 4.78 is 10.8. The number of benzene rings is 1. The Kier molecular flexibility index (Phi) is 5.23. The largest absolute Gasteiger partial charge is 0.481 e. The lowest BCUT2D eigenvalue weighted by molar-refractivity contribution is -0.139. The first-order chi connectivity index (χ1) is 12.6. The molecule has 0 radical (unpaired) electrons. The number of hydrogen-bond acceptors (Lipinski definition) is 5. The SMILES string of the molecule is CC(Oc1cccc(C#N)c1)C(=O)N1CCN(C(=O)c2ccco2)CC1. The Morgan fingerprint density at radius 1 is 1.15 bits per heavy atom. The minimum atomic E-state index is -0.670. The molecule has 1 aromatic carbocycles. The zero-order valence-corrected chi connectivity index (χ0v) is 14.4. The van der Waals surface area contributed by atoms with Crippen molar-refractivity contribution in [2.75, 3.05) is 26.2 Å². The monoisotopic (exact) mass is 353 g/mol. The quantitative estimate of drug-likeness (QED) is 0.838. The maximum absolute atomic E-state index is 12.6. The second-order valence-electron chi connectivity index (χ2n) is 5.99. The highest BCUT2D eigenvalue weighted by Crippen LogP contribution is 2.16. The molecule has 7 heteroatoms. The van der Waals surface area contributed by atoms with E-state index < -0.39 is 6.10 Å². The summed E-state index contributed by atoms with van der Waals surface area (Å²) in [6.07, 6.45) is 0.795. The van der Waals surface area contributed by atoms with Crippen molar-refractivity contribution in [1.82, 2.24) is 9.80 Å². The number of nitriles is 1. The molecule has 0 saturated carbocycles. The van der Waals surface area contributed by atoms with Crippen LogP contribution in [0.15, 0.2) is 47.1 Å². The van der Waals surface area contributed by atoms with E-state index in [1.165, 1.54) is 6.26 Å². The molecule has 134 valence electrons. The fraction of sp³-hybridized carbons (Fsp3) is 0.316. The van der Waals surface area contributed by atoms with Gasteiger partial charge in [0.05, 0.1) is 17.9 Å². The third-order valence-corrected chi connectivity index (χ3v) is 4.23. The number of nitrogens with zero attached hydrogens (tertiary/aromatic N) is 3. The molecule has 1 aromatic heterocycles. The molecule has 1 saturated heterocycles. The summed E-state index contributed by atoms with van der Waals surface area (Å²) in [7, 11) is 0. The van der Waals surface area contributed by atoms with Crippen molar-refractivity contribution < 1.29 is 18.7 Å². The van der Waals surface area contributed by atoms with Gasteiger partial charge in [-0.2, -0.15) is 5.26 Å². The topological polar surface area (TPSA) is 86.8 Å². The smallest absolute Gasteiger partial charge is 0.289 e. The van der Waals surface area contributed by atoms with Crippen LogP contribution < -0.4 is 4.74 Å². The van der Waals surface area contributed by atoms with Crippen molar-refractivity contribution in [3.05, 3.63) is 54.0 Å². The highest BCUT2D eigenvalue weighted by molar-refractivity contribution is 5.91. The highest BCUT2D eigenvalue weighted by atomic mass is 16.5. The second-order valence-corrected chi connectivity index (χ2v) is 5.99. The lowest BCUT2D eigenvalue weighted by Gasteiger charge is -2.35. The molecule has 1 aliphatic heterocycles. The molecule has 0 bridgehead atoms. The fourth-order valence-corrected chi connectivity index (χ4v) is 2.84. The Hall–Kier alpha value is -3.27. The Morgan fingerprint density at radius 3 is 2.54 bits per heavy atom. The molecule has 1 atom stereocenters. The fourth-order valence-electron chi connectivity index (χ4n) is 2.84. The maximum Gasteiger partial charge on any atom is 0.289 e. The van der Waals surface area contributed by atoms with Crippen LogP contribution in [-0.2, 0) is 4.79 Å². The summed E-state index contributed by atoms with van der Waals surface area (Å²) in [4.78, 5) is 28.2. The van der Waals surface area contributed by atoms with E-state index in [0.717, 1.165) is 0 Å². The number of piperazine rings is 1. The predicted molar refractivity (Wildman–Crippen MR) is 92.4 cm³/mol. The first-order valence-electron chi connectivity index (χ1n) is 8.37. The van der Waals surface area contributed by atoms with Crippen molar-refractivity contribution in [1.29, 1.82) is 5.26 Å². The Balaban J connectivity index is 1.54. The number of amides is 2. The van der Waals surface area contributed by atoms with Gasteiger partial charge >= 0.3 is 0 Å². The molecule has 7 nitrogen and oxygen atoms in total. The van der Waals surface area contributed by atoms with E-state index in [2.05, 4.69) is 0 Å². The van der Waals surface area contributed by atoms with E-state index >= 15 is 0 Å². The summed E-state index contributed by atoms with van der Waals surface area (Å²) in [6.45, 7) is 3.46. The number of ether oxygens (including phenoxy) is 1. The van der Waals surface area contributed by atoms with Gasteiger partial charge in [-0.1, -0.05) is 6.07 Å². The van der Waals surface area contributed by atoms with E-state index in [1.807, 2.05) is 6.07 Å². The Morgan fingerprint density at radius 2 is 1.88 bits per heavy atom. The van der Waals surface area contributed by atoms with Gasteiger partial charge in [0.25, 0.3) is 11.8 Å². The van der Waals surface area contributed by atoms with Crippen LogP contribution in [0.2, 0.25) is 0 Å². The van der Waals surface area contributed by atoms with Gasteiger partial charge in [0, 0.05) is 26.2 Å². The van der Waals surface area contributed by atoms with E-state index in [1.54, 1.807) is 53.1 Å². The second kappa shape index (κ2) is 7.74. The third kappa shape index (κ3) is 3.86. The van der Waals surface area contributed by atoms with E-state index in [-0.39, 0.29) is 11.8 Å². The zero-order valence-electron chi connectivity index (χ0n) is 14.4. The number of hydrogen-bond donors (Lipinski definition) is 0. The van der Waals surface area contributed by atoms with E-state index in [4.69, 9.17) is 14.4 Å². The standard InChI is InChI=1S/C19H19N3O4/c1-14(26-16-5-2-4-15(12-16)13-20)18(23)21-7-9-22(10-8-21)19(24)17-6-3-11-25-17/h2-6,11-12,14H,7-10H2,1H3. The van der Waals surface area contributed by atoms with Crippen molar-refractivity contribution in [3.8, 4) is 11.8 Å². The molecule has 1 fully saturated rings. The summed E-state index contributed by atoms with van der Waals surface area (Å²) in [6, 6.07) is 12.0. The van der Waals surface area contributed by atoms with Gasteiger partial charge in [0.15, 0.2) is 11.9 Å². The molecule has 3 rings (SSSR count). The van der Waals surface area contributed by atoms with Crippen LogP contribution >= 0.6 is 0 Å². The van der Waals surface area contributed by atoms with Crippen LogP contribution in [-0.4, -0.2) is 53.9 Å². The highest BCUT2D eigenvalue weighted by Gasteiger charge is 2.29. The number of carbonyl (C=O) groups excluding carboxylic acids is 2. The third-order valence-electron chi connectivity index (χ3n) is 4.23. The minimum Gasteiger partial charge on any atom is -0.481 e. The molecule has 2 heterocycles. The summed E-state index contributed by atoms with van der Waals surface area (Å²) in [5.74, 6) is 0.479. The van der Waals surface area contributed by atoms with Gasteiger partial charge in [0.2, 0.25) is 0 Å². The van der Waals surface area contributed by atoms with Crippen LogP contribution in [0.1, 0.15) is 23.0 Å². The number of rotatable bonds is 4. The summed E-state index contributed by atoms with van der Waals surface area (Å²) >= 11 is 0. The van der Waals surface area contributed by atoms with Crippen LogP contribution in [0.5, 0.6) is 5.75 Å². The van der Waals surface area contributed by atoms with E-state index in [9.17, 15) is 9.59 Å². The number of furan rings is 1. The molecule has 0 spiro atoms. The lowest BCUT2D eigenvalue weighted by atomic mass is 10.2. The molecule has 26 heavy (non-hydrogen) atoms. The van der Waals surface area contributed by atoms with E-state index in [0.29, 0.717) is 43.3 Å². The Bertz CT molecular complexity index is 818. The molecule has 0 N–H and O–H groups in total. The lowest BCUT2D eigenvalue weighted by Crippen LogP contribution is -2.53. The summed E-state index contributed by atoms with van der Waals surface area (Å²) in [5, 5.41) is 8.93. The molecule has 1 aliphatic rings. The van der Waals surface area contributed by atoms with Crippen molar-refractivity contribution in [3.63, 3.8) is 0 Å². The average molecular weight is 353 g/mol. The first kappa shape index (κ1) is 17.5. The van der Waals surface area contributed by atoms with Gasteiger partial charge in [-0.05, 0) is 37.3 Å². The van der Waals surface area contributed by atoms with Crippen LogP contribution in [0.25, 0.3) is 0 Å². The van der Waals surface area contributed by atoms with Crippen molar-refractivity contribution in [2.45, 2.75) is 13.0 Å². The normalized spacial score (nSPS) is 15.2. The minimum absolute atomic E-state index is 0.141. The molecular weight excluding hydrogens is 334 g/mol. The predicted octanol–water partition coefficient (Wildman–Crippen LogP) is 1.90. The average Bonchev–Trinajstić information content (AvgIpc) is 3.22. The molecule has 0 aliphatic carbocycles. The maximum atomic E-state index is 12.6. The van der Waals surface area contributed by atoms with Gasteiger partial charge in [-0.3, -0.25) is 9.59 Å². The molecule has 2 amide bonds. The van der Waals surface area contributed by atoms with Crippen molar-refractivity contribution in [2.24, 2.45) is 0 Å². The Labute approximate surface area is 151 Å². The van der Waals surface area contributed by atoms with Gasteiger partial charge < -0.3 is 19.0 Å². The zero-order chi connectivity index (χ0) is 18.5. The molecule has 1 unspecified atom stereocenters. The van der Waals surface area contributed by atoms with Gasteiger partial charge in [-0.15, -0.1) is 0 Å². The van der Waals surface area contributed by atoms with Crippen LogP contribution in [0.3, 0.4) is 0 Å². The van der Waals surface area contributed by atoms with Crippen molar-refractivity contribution >= 4 is 11.8 Å². The van der Waals surface area contributed by atoms with Gasteiger partial charge in [-0.25, -0.2) is 0 Å². The molecular formula is C19H19N3O4. The first-order valence-corrected chi connectivity index (χ1v) is 8.37.